The highest BCUT2D eigenvalue weighted by Gasteiger charge is 2.18. The number of nitrogens with one attached hydrogen (secondary N) is 1. The fourth-order valence-corrected chi connectivity index (χ4v) is 1.98. The van der Waals surface area contributed by atoms with Gasteiger partial charge in [0.15, 0.2) is 0 Å². The van der Waals surface area contributed by atoms with E-state index in [1.807, 2.05) is 0 Å². The minimum Gasteiger partial charge on any atom is -0.397 e. The van der Waals surface area contributed by atoms with E-state index < -0.39 is 6.04 Å². The van der Waals surface area contributed by atoms with E-state index in [-0.39, 0.29) is 5.91 Å². The third kappa shape index (κ3) is 3.05. The number of rotatable bonds is 3. The molecule has 0 fully saturated rings. The van der Waals surface area contributed by atoms with Crippen molar-refractivity contribution in [3.8, 4) is 0 Å². The number of amides is 1. The van der Waals surface area contributed by atoms with Crippen LogP contribution in [-0.4, -0.2) is 15.7 Å². The van der Waals surface area contributed by atoms with Crippen molar-refractivity contribution in [2.75, 3.05) is 11.1 Å². The van der Waals surface area contributed by atoms with Gasteiger partial charge in [-0.15, -0.1) is 0 Å². The van der Waals surface area contributed by atoms with Crippen LogP contribution in [0.2, 0.25) is 10.0 Å². The molecule has 0 aliphatic rings. The summed E-state index contributed by atoms with van der Waals surface area (Å²) >= 11 is 11.7. The van der Waals surface area contributed by atoms with Gasteiger partial charge in [0.2, 0.25) is 5.91 Å². The quantitative estimate of drug-likeness (QED) is 0.854. The van der Waals surface area contributed by atoms with Gasteiger partial charge in [0.05, 0.1) is 22.1 Å². The molecule has 0 saturated carbocycles. The summed E-state index contributed by atoms with van der Waals surface area (Å²) in [5.41, 5.74) is 7.40. The first-order valence-electron chi connectivity index (χ1n) is 5.95. The van der Waals surface area contributed by atoms with Crippen molar-refractivity contribution in [2.24, 2.45) is 0 Å². The van der Waals surface area contributed by atoms with Gasteiger partial charge in [0.25, 0.3) is 0 Å². The van der Waals surface area contributed by atoms with Crippen molar-refractivity contribution < 1.29 is 4.79 Å². The normalized spacial score (nSPS) is 12.2. The molecule has 1 aromatic carbocycles. The first-order valence-corrected chi connectivity index (χ1v) is 6.71. The Morgan fingerprint density at radius 2 is 2.15 bits per heavy atom. The number of nitrogens with two attached hydrogens (primary N) is 1. The van der Waals surface area contributed by atoms with E-state index >= 15 is 0 Å². The van der Waals surface area contributed by atoms with Gasteiger partial charge in [0.1, 0.15) is 6.04 Å². The Labute approximate surface area is 126 Å². The SMILES string of the molecule is Cc1nn(C(C)C(=O)Nc2ccc(Cl)cc2N)cc1Cl. The van der Waals surface area contributed by atoms with Crippen LogP contribution in [0.4, 0.5) is 11.4 Å². The summed E-state index contributed by atoms with van der Waals surface area (Å²) in [4.78, 5) is 12.2. The van der Waals surface area contributed by atoms with Crippen molar-refractivity contribution in [3.63, 3.8) is 0 Å². The fraction of sp³-hybridized carbons (Fsp3) is 0.231. The number of carbonyl (C=O) groups excluding carboxylic acids is 1. The number of aryl methyl sites for hydroxylation is 1. The summed E-state index contributed by atoms with van der Waals surface area (Å²) in [6.45, 7) is 3.50. The first kappa shape index (κ1) is 14.7. The highest BCUT2D eigenvalue weighted by molar-refractivity contribution is 6.31. The Balaban J connectivity index is 2.15. The van der Waals surface area contributed by atoms with E-state index in [0.717, 1.165) is 0 Å². The largest absolute Gasteiger partial charge is 0.397 e. The number of carbonyl (C=O) groups is 1. The molecule has 0 aliphatic carbocycles. The van der Waals surface area contributed by atoms with Gasteiger partial charge in [-0.2, -0.15) is 5.10 Å². The van der Waals surface area contributed by atoms with E-state index in [1.165, 1.54) is 4.68 Å². The van der Waals surface area contributed by atoms with Gasteiger partial charge in [-0.1, -0.05) is 23.2 Å². The summed E-state index contributed by atoms with van der Waals surface area (Å²) < 4.78 is 1.51. The van der Waals surface area contributed by atoms with Crippen LogP contribution < -0.4 is 11.1 Å². The molecule has 2 rings (SSSR count). The maximum Gasteiger partial charge on any atom is 0.249 e. The van der Waals surface area contributed by atoms with Gasteiger partial charge in [0, 0.05) is 11.2 Å². The molecule has 0 saturated heterocycles. The van der Waals surface area contributed by atoms with Crippen LogP contribution in [-0.2, 0) is 4.79 Å². The Bertz CT molecular complexity index is 634. The number of aromatic nitrogens is 2. The molecule has 106 valence electrons. The number of nitrogen functional groups attached to an aromatic ring is 1. The summed E-state index contributed by atoms with van der Waals surface area (Å²) in [5, 5.41) is 7.96. The Kier molecular flexibility index (Phi) is 4.20. The van der Waals surface area contributed by atoms with Crippen molar-refractivity contribution in [1.82, 2.24) is 9.78 Å². The van der Waals surface area contributed by atoms with Crippen LogP contribution in [0.1, 0.15) is 18.7 Å². The van der Waals surface area contributed by atoms with E-state index in [1.54, 1.807) is 38.2 Å². The van der Waals surface area contributed by atoms with Crippen LogP contribution in [0.3, 0.4) is 0 Å². The maximum atomic E-state index is 12.2. The van der Waals surface area contributed by atoms with Crippen molar-refractivity contribution in [1.29, 1.82) is 0 Å². The minimum absolute atomic E-state index is 0.238. The zero-order valence-electron chi connectivity index (χ0n) is 11.0. The van der Waals surface area contributed by atoms with Gasteiger partial charge >= 0.3 is 0 Å². The molecule has 0 radical (unpaired) electrons. The second kappa shape index (κ2) is 5.73. The molecule has 1 heterocycles. The molecule has 1 amide bonds. The number of anilines is 2. The van der Waals surface area contributed by atoms with Crippen LogP contribution in [0.15, 0.2) is 24.4 Å². The third-order valence-electron chi connectivity index (χ3n) is 2.90. The molecule has 3 N–H and O–H groups in total. The second-order valence-electron chi connectivity index (χ2n) is 4.44. The standard InChI is InChI=1S/C13H14Cl2N4O/c1-7-10(15)6-19(18-7)8(2)13(20)17-12-4-3-9(14)5-11(12)16/h3-6,8H,16H2,1-2H3,(H,17,20). The average molecular weight is 313 g/mol. The molecule has 5 nitrogen and oxygen atoms in total. The number of hydrogen-bond acceptors (Lipinski definition) is 3. The second-order valence-corrected chi connectivity index (χ2v) is 5.28. The number of benzene rings is 1. The van der Waals surface area contributed by atoms with Crippen molar-refractivity contribution in [2.45, 2.75) is 19.9 Å². The molecule has 1 aromatic heterocycles. The van der Waals surface area contributed by atoms with Gasteiger partial charge in [-0.3, -0.25) is 9.48 Å². The fourth-order valence-electron chi connectivity index (χ4n) is 1.66. The molecule has 7 heteroatoms. The minimum atomic E-state index is -0.503. The number of halogens is 2. The van der Waals surface area contributed by atoms with Crippen molar-refractivity contribution >= 4 is 40.5 Å². The summed E-state index contributed by atoms with van der Waals surface area (Å²) in [5.74, 6) is -0.238. The monoisotopic (exact) mass is 312 g/mol. The topological polar surface area (TPSA) is 72.9 Å². The zero-order chi connectivity index (χ0) is 14.9. The maximum absolute atomic E-state index is 12.2. The Hall–Kier alpha value is -1.72. The van der Waals surface area contributed by atoms with E-state index in [4.69, 9.17) is 28.9 Å². The lowest BCUT2D eigenvalue weighted by Gasteiger charge is -2.14. The highest BCUT2D eigenvalue weighted by atomic mass is 35.5. The number of hydrogen-bond donors (Lipinski definition) is 2. The van der Waals surface area contributed by atoms with Gasteiger partial charge < -0.3 is 11.1 Å². The molecule has 0 spiro atoms. The van der Waals surface area contributed by atoms with Crippen LogP contribution in [0.25, 0.3) is 0 Å². The predicted molar refractivity (Wildman–Crippen MR) is 81.2 cm³/mol. The summed E-state index contributed by atoms with van der Waals surface area (Å²) in [6, 6.07) is 4.39. The lowest BCUT2D eigenvalue weighted by Crippen LogP contribution is -2.24. The van der Waals surface area contributed by atoms with Crippen molar-refractivity contribution in [3.05, 3.63) is 40.1 Å². The molecule has 1 unspecified atom stereocenters. The first-order chi connectivity index (χ1) is 9.38. The van der Waals surface area contributed by atoms with E-state index in [2.05, 4.69) is 10.4 Å². The lowest BCUT2D eigenvalue weighted by atomic mass is 10.2. The molecule has 1 atom stereocenters. The number of nitrogens with zero attached hydrogens (tertiary/aromatic N) is 2. The summed E-state index contributed by atoms with van der Waals surface area (Å²) in [6.07, 6.45) is 1.62. The smallest absolute Gasteiger partial charge is 0.249 e. The van der Waals surface area contributed by atoms with Crippen LogP contribution in [0.5, 0.6) is 0 Å². The van der Waals surface area contributed by atoms with Gasteiger partial charge in [-0.05, 0) is 32.0 Å². The molecule has 0 bridgehead atoms. The molecule has 0 aliphatic heterocycles. The Morgan fingerprint density at radius 3 is 2.70 bits per heavy atom. The molecular formula is C13H14Cl2N4O. The van der Waals surface area contributed by atoms with Crippen LogP contribution >= 0.6 is 23.2 Å². The van der Waals surface area contributed by atoms with E-state index in [9.17, 15) is 4.79 Å². The lowest BCUT2D eigenvalue weighted by molar-refractivity contribution is -0.119. The van der Waals surface area contributed by atoms with E-state index in [0.29, 0.717) is 27.1 Å². The highest BCUT2D eigenvalue weighted by Crippen LogP contribution is 2.24. The molecule has 2 aromatic rings. The molecule has 20 heavy (non-hydrogen) atoms. The van der Waals surface area contributed by atoms with Gasteiger partial charge in [-0.25, -0.2) is 0 Å². The Morgan fingerprint density at radius 1 is 1.45 bits per heavy atom. The average Bonchev–Trinajstić information content (AvgIpc) is 2.72. The molecular weight excluding hydrogens is 299 g/mol. The third-order valence-corrected chi connectivity index (χ3v) is 3.51. The predicted octanol–water partition coefficient (Wildman–Crippen LogP) is 3.28. The zero-order valence-corrected chi connectivity index (χ0v) is 12.5. The van der Waals surface area contributed by atoms with Crippen LogP contribution in [0, 0.1) is 6.92 Å². The summed E-state index contributed by atoms with van der Waals surface area (Å²) in [7, 11) is 0.